The smallest absolute Gasteiger partial charge is 0.243 e. The third-order valence-electron chi connectivity index (χ3n) is 2.76. The molecule has 3 N–H and O–H groups in total. The van der Waals surface area contributed by atoms with Gasteiger partial charge in [0.05, 0.1) is 6.04 Å². The molecular weight excluding hydrogens is 242 g/mol. The van der Waals surface area contributed by atoms with Gasteiger partial charge in [0, 0.05) is 11.6 Å². The first kappa shape index (κ1) is 13.3. The molecule has 0 saturated carbocycles. The van der Waals surface area contributed by atoms with E-state index in [4.69, 9.17) is 10.3 Å². The van der Waals surface area contributed by atoms with Gasteiger partial charge >= 0.3 is 0 Å². The Kier molecular flexibility index (Phi) is 4.30. The maximum absolute atomic E-state index is 11.7. The van der Waals surface area contributed by atoms with Crippen molar-refractivity contribution in [2.45, 2.75) is 25.8 Å². The molecule has 1 atom stereocenters. The van der Waals surface area contributed by atoms with E-state index >= 15 is 0 Å². The third kappa shape index (κ3) is 3.42. The number of benzene rings is 1. The third-order valence-corrected chi connectivity index (χ3v) is 2.76. The number of hydrogen-bond acceptors (Lipinski definition) is 4. The normalized spacial score (nSPS) is 12.1. The van der Waals surface area contributed by atoms with Crippen LogP contribution in [0.15, 0.2) is 40.9 Å². The van der Waals surface area contributed by atoms with Gasteiger partial charge in [0.25, 0.3) is 0 Å². The summed E-state index contributed by atoms with van der Waals surface area (Å²) in [5.41, 5.74) is 7.33. The summed E-state index contributed by atoms with van der Waals surface area (Å²) in [7, 11) is 0. The van der Waals surface area contributed by atoms with Crippen LogP contribution >= 0.6 is 0 Å². The van der Waals surface area contributed by atoms with Gasteiger partial charge in [-0.15, -0.1) is 0 Å². The van der Waals surface area contributed by atoms with Gasteiger partial charge in [-0.3, -0.25) is 10.1 Å². The molecule has 2 aromatic rings. The van der Waals surface area contributed by atoms with Gasteiger partial charge in [0.15, 0.2) is 0 Å². The van der Waals surface area contributed by atoms with Gasteiger partial charge in [0.1, 0.15) is 5.69 Å². The summed E-state index contributed by atoms with van der Waals surface area (Å²) in [6.07, 6.45) is 1.51. The Bertz CT molecular complexity index is 537. The summed E-state index contributed by atoms with van der Waals surface area (Å²) >= 11 is 0. The molecule has 0 saturated heterocycles. The molecule has 2 rings (SSSR count). The number of aromatic nitrogens is 1. The number of nitrogens with zero attached hydrogens (tertiary/aromatic N) is 1. The van der Waals surface area contributed by atoms with Gasteiger partial charge in [-0.25, -0.2) is 0 Å². The van der Waals surface area contributed by atoms with E-state index in [0.29, 0.717) is 18.0 Å². The highest BCUT2D eigenvalue weighted by Gasteiger charge is 2.15. The Labute approximate surface area is 111 Å². The van der Waals surface area contributed by atoms with Crippen molar-refractivity contribution in [1.29, 1.82) is 0 Å². The van der Waals surface area contributed by atoms with Crippen molar-refractivity contribution in [3.63, 3.8) is 0 Å². The lowest BCUT2D eigenvalue weighted by molar-refractivity contribution is -0.117. The van der Waals surface area contributed by atoms with Gasteiger partial charge in [-0.2, -0.15) is 0 Å². The molecule has 1 amide bonds. The number of nitrogens with two attached hydrogens (primary N) is 1. The second kappa shape index (κ2) is 6.15. The Hall–Kier alpha value is -2.14. The summed E-state index contributed by atoms with van der Waals surface area (Å²) in [4.78, 5) is 11.7. The molecule has 0 aliphatic carbocycles. The molecule has 0 bridgehead atoms. The van der Waals surface area contributed by atoms with Gasteiger partial charge < -0.3 is 10.3 Å². The summed E-state index contributed by atoms with van der Waals surface area (Å²) < 4.78 is 5.08. The molecule has 0 fully saturated rings. The standard InChI is InChI=1S/C14H17N3O2/c1-2-6-11(15)14(18)16-13-9-12(17-19-13)10-7-4-3-5-8-10/h3-5,7-9,11H,2,6,15H2,1H3,(H,16,18)/t11-/m0/s1. The maximum Gasteiger partial charge on any atom is 0.243 e. The van der Waals surface area contributed by atoms with E-state index in [1.807, 2.05) is 37.3 Å². The molecule has 5 heteroatoms. The summed E-state index contributed by atoms with van der Waals surface area (Å²) in [5, 5.41) is 6.54. The van der Waals surface area contributed by atoms with Crippen LogP contribution in [0.1, 0.15) is 19.8 Å². The van der Waals surface area contributed by atoms with Crippen LogP contribution in [0.25, 0.3) is 11.3 Å². The van der Waals surface area contributed by atoms with Crippen LogP contribution in [0, 0.1) is 0 Å². The first-order chi connectivity index (χ1) is 9.20. The maximum atomic E-state index is 11.7. The predicted octanol–water partition coefficient (Wildman–Crippen LogP) is 2.41. The molecular formula is C14H17N3O2. The zero-order chi connectivity index (χ0) is 13.7. The van der Waals surface area contributed by atoms with Crippen LogP contribution in [-0.2, 0) is 4.79 Å². The molecule has 0 spiro atoms. The molecule has 19 heavy (non-hydrogen) atoms. The van der Waals surface area contributed by atoms with Crippen molar-refractivity contribution >= 4 is 11.8 Å². The Morgan fingerprint density at radius 3 is 2.84 bits per heavy atom. The predicted molar refractivity (Wildman–Crippen MR) is 73.5 cm³/mol. The second-order valence-electron chi connectivity index (χ2n) is 4.33. The number of anilines is 1. The monoisotopic (exact) mass is 259 g/mol. The van der Waals surface area contributed by atoms with Crippen LogP contribution in [0.4, 0.5) is 5.88 Å². The van der Waals surface area contributed by atoms with Crippen molar-refractivity contribution in [2.75, 3.05) is 5.32 Å². The molecule has 0 unspecified atom stereocenters. The zero-order valence-electron chi connectivity index (χ0n) is 10.8. The SMILES string of the molecule is CCC[C@H](N)C(=O)Nc1cc(-c2ccccc2)no1. The second-order valence-corrected chi connectivity index (χ2v) is 4.33. The van der Waals surface area contributed by atoms with Crippen LogP contribution in [0.3, 0.4) is 0 Å². The van der Waals surface area contributed by atoms with Gasteiger partial charge in [-0.05, 0) is 6.42 Å². The number of rotatable bonds is 5. The number of carbonyl (C=O) groups is 1. The van der Waals surface area contributed by atoms with Crippen LogP contribution in [0.5, 0.6) is 0 Å². The minimum atomic E-state index is -0.518. The molecule has 1 aromatic heterocycles. The molecule has 100 valence electrons. The fourth-order valence-corrected chi connectivity index (χ4v) is 1.74. The Morgan fingerprint density at radius 2 is 2.16 bits per heavy atom. The Morgan fingerprint density at radius 1 is 1.42 bits per heavy atom. The van der Waals surface area contributed by atoms with E-state index in [-0.39, 0.29) is 5.91 Å². The van der Waals surface area contributed by atoms with E-state index in [1.165, 1.54) is 0 Å². The fourth-order valence-electron chi connectivity index (χ4n) is 1.74. The highest BCUT2D eigenvalue weighted by molar-refractivity contribution is 5.93. The molecule has 1 heterocycles. The molecule has 0 radical (unpaired) electrons. The number of hydrogen-bond donors (Lipinski definition) is 2. The number of nitrogens with one attached hydrogen (secondary N) is 1. The molecule has 1 aromatic carbocycles. The number of carbonyl (C=O) groups excluding carboxylic acids is 1. The topological polar surface area (TPSA) is 81.2 Å². The van der Waals surface area contributed by atoms with Gasteiger partial charge in [0.2, 0.25) is 11.8 Å². The lowest BCUT2D eigenvalue weighted by atomic mass is 10.1. The van der Waals surface area contributed by atoms with Crippen molar-refractivity contribution in [3.05, 3.63) is 36.4 Å². The lowest BCUT2D eigenvalue weighted by Gasteiger charge is -2.08. The first-order valence-corrected chi connectivity index (χ1v) is 6.29. The zero-order valence-corrected chi connectivity index (χ0v) is 10.8. The first-order valence-electron chi connectivity index (χ1n) is 6.29. The van der Waals surface area contributed by atoms with E-state index in [1.54, 1.807) is 6.07 Å². The Balaban J connectivity index is 2.04. The summed E-state index contributed by atoms with van der Waals surface area (Å²) in [6, 6.07) is 10.8. The molecule has 5 nitrogen and oxygen atoms in total. The summed E-state index contributed by atoms with van der Waals surface area (Å²) in [5.74, 6) is 0.0630. The largest absolute Gasteiger partial charge is 0.338 e. The van der Waals surface area contributed by atoms with E-state index < -0.39 is 6.04 Å². The van der Waals surface area contributed by atoms with Crippen LogP contribution in [-0.4, -0.2) is 17.1 Å². The average molecular weight is 259 g/mol. The number of amides is 1. The minimum Gasteiger partial charge on any atom is -0.338 e. The van der Waals surface area contributed by atoms with Crippen molar-refractivity contribution in [1.82, 2.24) is 5.16 Å². The quantitative estimate of drug-likeness (QED) is 0.864. The van der Waals surface area contributed by atoms with E-state index in [2.05, 4.69) is 10.5 Å². The highest BCUT2D eigenvalue weighted by atomic mass is 16.5. The van der Waals surface area contributed by atoms with E-state index in [0.717, 1.165) is 12.0 Å². The van der Waals surface area contributed by atoms with Crippen molar-refractivity contribution < 1.29 is 9.32 Å². The minimum absolute atomic E-state index is 0.252. The van der Waals surface area contributed by atoms with E-state index in [9.17, 15) is 4.79 Å². The van der Waals surface area contributed by atoms with Gasteiger partial charge in [-0.1, -0.05) is 48.8 Å². The lowest BCUT2D eigenvalue weighted by Crippen LogP contribution is -2.35. The summed E-state index contributed by atoms with van der Waals surface area (Å²) in [6.45, 7) is 1.98. The average Bonchev–Trinajstić information content (AvgIpc) is 2.88. The molecule has 0 aliphatic rings. The van der Waals surface area contributed by atoms with Crippen molar-refractivity contribution in [3.8, 4) is 11.3 Å². The highest BCUT2D eigenvalue weighted by Crippen LogP contribution is 2.21. The fraction of sp³-hybridized carbons (Fsp3) is 0.286. The van der Waals surface area contributed by atoms with Crippen molar-refractivity contribution in [2.24, 2.45) is 5.73 Å². The molecule has 0 aliphatic heterocycles. The van der Waals surface area contributed by atoms with Crippen LogP contribution in [0.2, 0.25) is 0 Å². The van der Waals surface area contributed by atoms with Crippen LogP contribution < -0.4 is 11.1 Å².